The quantitative estimate of drug-likeness (QED) is 0.408. The summed E-state index contributed by atoms with van der Waals surface area (Å²) in [5.41, 5.74) is 1.32. The zero-order valence-corrected chi connectivity index (χ0v) is 15.0. The lowest BCUT2D eigenvalue weighted by molar-refractivity contribution is 0.0236. The van der Waals surface area contributed by atoms with Crippen molar-refractivity contribution in [3.05, 3.63) is 34.3 Å². The van der Waals surface area contributed by atoms with Crippen LogP contribution in [0.5, 0.6) is 0 Å². The van der Waals surface area contributed by atoms with Crippen LogP contribution in [0.3, 0.4) is 0 Å². The third kappa shape index (κ3) is 7.18. The lowest BCUT2D eigenvalue weighted by Gasteiger charge is -2.16. The fourth-order valence-corrected chi connectivity index (χ4v) is 3.09. The average Bonchev–Trinajstić information content (AvgIpc) is 2.47. The normalized spacial score (nSPS) is 12.6. The molecular formula is C15H22Br2O3. The molecular weight excluding hydrogens is 388 g/mol. The molecule has 0 radical (unpaired) electrons. The van der Waals surface area contributed by atoms with Crippen molar-refractivity contribution in [3.8, 4) is 0 Å². The molecule has 0 bridgehead atoms. The van der Waals surface area contributed by atoms with Crippen molar-refractivity contribution < 1.29 is 14.2 Å². The molecule has 0 N–H and O–H groups in total. The predicted octanol–water partition coefficient (Wildman–Crippen LogP) is 4.00. The van der Waals surface area contributed by atoms with Gasteiger partial charge < -0.3 is 14.2 Å². The molecule has 0 aliphatic carbocycles. The Kier molecular flexibility index (Phi) is 10.6. The van der Waals surface area contributed by atoms with Gasteiger partial charge in [-0.1, -0.05) is 50.1 Å². The summed E-state index contributed by atoms with van der Waals surface area (Å²) in [7, 11) is 1.67. The minimum atomic E-state index is 0.458. The van der Waals surface area contributed by atoms with Gasteiger partial charge in [-0.05, 0) is 24.0 Å². The molecule has 0 aliphatic rings. The number of methoxy groups -OCH3 is 1. The smallest absolute Gasteiger partial charge is 0.0701 e. The number of rotatable bonds is 11. The lowest BCUT2D eigenvalue weighted by Crippen LogP contribution is -2.11. The largest absolute Gasteiger partial charge is 0.382 e. The van der Waals surface area contributed by atoms with E-state index >= 15 is 0 Å². The van der Waals surface area contributed by atoms with Crippen molar-refractivity contribution in [2.45, 2.75) is 12.3 Å². The molecule has 5 heteroatoms. The summed E-state index contributed by atoms with van der Waals surface area (Å²) >= 11 is 7.19. The number of ether oxygens (including phenoxy) is 3. The van der Waals surface area contributed by atoms with E-state index in [1.54, 1.807) is 7.11 Å². The Morgan fingerprint density at radius 1 is 1.00 bits per heavy atom. The summed E-state index contributed by atoms with van der Waals surface area (Å²) in [4.78, 5) is 0. The first-order valence-electron chi connectivity index (χ1n) is 6.74. The average molecular weight is 410 g/mol. The number of hydrogen-bond donors (Lipinski definition) is 0. The summed E-state index contributed by atoms with van der Waals surface area (Å²) in [5.74, 6) is 0.458. The fraction of sp³-hybridized carbons (Fsp3) is 0.600. The Balaban J connectivity index is 2.18. The number of halogens is 2. The van der Waals surface area contributed by atoms with E-state index in [-0.39, 0.29) is 0 Å². The van der Waals surface area contributed by atoms with Gasteiger partial charge in [-0.2, -0.15) is 0 Å². The highest BCUT2D eigenvalue weighted by Gasteiger charge is 2.12. The molecule has 1 unspecified atom stereocenters. The van der Waals surface area contributed by atoms with Gasteiger partial charge in [0.05, 0.1) is 26.4 Å². The number of alkyl halides is 1. The van der Waals surface area contributed by atoms with Gasteiger partial charge >= 0.3 is 0 Å². The van der Waals surface area contributed by atoms with Crippen LogP contribution in [0, 0.1) is 0 Å². The third-order valence-electron chi connectivity index (χ3n) is 2.95. The van der Waals surface area contributed by atoms with Crippen LogP contribution in [-0.2, 0) is 14.2 Å². The second kappa shape index (κ2) is 11.7. The highest BCUT2D eigenvalue weighted by atomic mass is 79.9. The van der Waals surface area contributed by atoms with Gasteiger partial charge in [0.2, 0.25) is 0 Å². The molecule has 1 aromatic rings. The van der Waals surface area contributed by atoms with Gasteiger partial charge in [0.25, 0.3) is 0 Å². The summed E-state index contributed by atoms with van der Waals surface area (Å²) < 4.78 is 17.0. The minimum Gasteiger partial charge on any atom is -0.382 e. The molecule has 114 valence electrons. The Labute approximate surface area is 138 Å². The monoisotopic (exact) mass is 408 g/mol. The van der Waals surface area contributed by atoms with Crippen LogP contribution in [0.2, 0.25) is 0 Å². The van der Waals surface area contributed by atoms with Gasteiger partial charge in [0.15, 0.2) is 0 Å². The summed E-state index contributed by atoms with van der Waals surface area (Å²) in [6.07, 6.45) is 0.992. The van der Waals surface area contributed by atoms with Crippen molar-refractivity contribution >= 4 is 31.9 Å². The fourth-order valence-electron chi connectivity index (χ4n) is 1.81. The Bertz CT molecular complexity index is 361. The van der Waals surface area contributed by atoms with Crippen molar-refractivity contribution in [2.24, 2.45) is 0 Å². The molecule has 0 spiro atoms. The SMILES string of the molecule is COCCOCCOCCC(CBr)c1ccccc1Br. The first-order chi connectivity index (χ1) is 9.79. The standard InChI is InChI=1S/C15H22Br2O3/c1-18-8-9-20-11-10-19-7-6-13(12-16)14-4-2-3-5-15(14)17/h2-5,13H,6-12H2,1H3. The minimum absolute atomic E-state index is 0.458. The van der Waals surface area contributed by atoms with E-state index in [4.69, 9.17) is 14.2 Å². The first-order valence-corrected chi connectivity index (χ1v) is 8.65. The van der Waals surface area contributed by atoms with Crippen LogP contribution in [-0.4, -0.2) is 45.5 Å². The molecule has 20 heavy (non-hydrogen) atoms. The molecule has 0 fully saturated rings. The maximum atomic E-state index is 5.61. The van der Waals surface area contributed by atoms with Crippen molar-refractivity contribution in [3.63, 3.8) is 0 Å². The van der Waals surface area contributed by atoms with Crippen molar-refractivity contribution in [1.29, 1.82) is 0 Å². The van der Waals surface area contributed by atoms with E-state index in [0.717, 1.165) is 22.8 Å². The number of benzene rings is 1. The molecule has 0 saturated carbocycles. The number of hydrogen-bond acceptors (Lipinski definition) is 3. The highest BCUT2D eigenvalue weighted by molar-refractivity contribution is 9.10. The maximum absolute atomic E-state index is 5.61. The van der Waals surface area contributed by atoms with E-state index in [1.807, 2.05) is 6.07 Å². The van der Waals surface area contributed by atoms with Crippen molar-refractivity contribution in [1.82, 2.24) is 0 Å². The molecule has 1 rings (SSSR count). The van der Waals surface area contributed by atoms with Gasteiger partial charge in [0.1, 0.15) is 0 Å². The molecule has 0 heterocycles. The zero-order chi connectivity index (χ0) is 14.6. The second-order valence-electron chi connectivity index (χ2n) is 4.38. The van der Waals surface area contributed by atoms with E-state index in [2.05, 4.69) is 50.1 Å². The summed E-state index contributed by atoms with van der Waals surface area (Å²) in [6, 6.07) is 8.34. The summed E-state index contributed by atoms with van der Waals surface area (Å²) in [6.45, 7) is 3.26. The Morgan fingerprint density at radius 2 is 1.65 bits per heavy atom. The van der Waals surface area contributed by atoms with E-state index in [0.29, 0.717) is 32.3 Å². The van der Waals surface area contributed by atoms with Gasteiger partial charge in [-0.15, -0.1) is 0 Å². The third-order valence-corrected chi connectivity index (χ3v) is 4.45. The predicted molar refractivity (Wildman–Crippen MR) is 88.8 cm³/mol. The van der Waals surface area contributed by atoms with Crippen LogP contribution in [0.25, 0.3) is 0 Å². The topological polar surface area (TPSA) is 27.7 Å². The molecule has 0 aliphatic heterocycles. The van der Waals surface area contributed by atoms with Gasteiger partial charge in [0, 0.05) is 23.5 Å². The summed E-state index contributed by atoms with van der Waals surface area (Å²) in [5, 5.41) is 0.934. The zero-order valence-electron chi connectivity index (χ0n) is 11.8. The van der Waals surface area contributed by atoms with Crippen LogP contribution in [0.4, 0.5) is 0 Å². The molecule has 1 atom stereocenters. The van der Waals surface area contributed by atoms with Crippen LogP contribution in [0.1, 0.15) is 17.9 Å². The first kappa shape index (κ1) is 18.1. The maximum Gasteiger partial charge on any atom is 0.0701 e. The molecule has 1 aromatic carbocycles. The van der Waals surface area contributed by atoms with E-state index in [1.165, 1.54) is 5.56 Å². The van der Waals surface area contributed by atoms with Gasteiger partial charge in [-0.25, -0.2) is 0 Å². The van der Waals surface area contributed by atoms with Gasteiger partial charge in [-0.3, -0.25) is 0 Å². The molecule has 0 saturated heterocycles. The molecule has 3 nitrogen and oxygen atoms in total. The Morgan fingerprint density at radius 3 is 2.30 bits per heavy atom. The Hall–Kier alpha value is 0.0600. The van der Waals surface area contributed by atoms with Crippen molar-refractivity contribution in [2.75, 3.05) is 45.5 Å². The van der Waals surface area contributed by atoms with Crippen LogP contribution in [0.15, 0.2) is 28.7 Å². The molecule has 0 aromatic heterocycles. The van der Waals surface area contributed by atoms with E-state index < -0.39 is 0 Å². The molecule has 0 amide bonds. The van der Waals surface area contributed by atoms with E-state index in [9.17, 15) is 0 Å². The second-order valence-corrected chi connectivity index (χ2v) is 5.88. The van der Waals surface area contributed by atoms with Crippen LogP contribution >= 0.6 is 31.9 Å². The lowest BCUT2D eigenvalue weighted by atomic mass is 9.98. The van der Waals surface area contributed by atoms with Crippen LogP contribution < -0.4 is 0 Å². The highest BCUT2D eigenvalue weighted by Crippen LogP contribution is 2.28.